The van der Waals surface area contributed by atoms with Crippen molar-refractivity contribution in [3.63, 3.8) is 0 Å². The van der Waals surface area contributed by atoms with Gasteiger partial charge in [-0.15, -0.1) is 11.6 Å². The van der Waals surface area contributed by atoms with E-state index in [1.165, 1.54) is 0 Å². The predicted molar refractivity (Wildman–Crippen MR) is 70.9 cm³/mol. The quantitative estimate of drug-likeness (QED) is 0.445. The fourth-order valence-corrected chi connectivity index (χ4v) is 2.48. The Hall–Kier alpha value is -1.30. The van der Waals surface area contributed by atoms with Crippen LogP contribution in [0, 0.1) is 16.0 Å². The van der Waals surface area contributed by atoms with Gasteiger partial charge < -0.3 is 0 Å². The van der Waals surface area contributed by atoms with Crippen molar-refractivity contribution in [1.82, 2.24) is 0 Å². The van der Waals surface area contributed by atoms with E-state index in [0.717, 1.165) is 12.1 Å². The normalized spacial score (nSPS) is 13.6. The molecule has 0 aliphatic carbocycles. The minimum atomic E-state index is -4.63. The predicted octanol–water partition coefficient (Wildman–Crippen LogP) is 4.81. The van der Waals surface area contributed by atoms with Crippen LogP contribution in [0.3, 0.4) is 0 Å². The summed E-state index contributed by atoms with van der Waals surface area (Å²) in [5.41, 5.74) is -1.57. The maximum atomic E-state index is 12.9. The minimum Gasteiger partial charge on any atom is -0.258 e. The van der Waals surface area contributed by atoms with Crippen LogP contribution in [0.2, 0.25) is 0 Å². The number of nitro benzene ring substituents is 1. The molecule has 112 valence electrons. The standard InChI is InChI=1S/C13H15ClF3NO2/c1-8(2)5-10(14)6-9-3-4-11(18(19)20)7-12(9)13(15,16)17/h3-4,7-8,10H,5-6H2,1-2H3. The topological polar surface area (TPSA) is 43.1 Å². The Kier molecular flexibility index (Phi) is 5.39. The Morgan fingerprint density at radius 3 is 2.40 bits per heavy atom. The molecule has 0 heterocycles. The Morgan fingerprint density at radius 2 is 1.95 bits per heavy atom. The van der Waals surface area contributed by atoms with Gasteiger partial charge in [-0.25, -0.2) is 0 Å². The zero-order valence-electron chi connectivity index (χ0n) is 11.1. The van der Waals surface area contributed by atoms with Crippen molar-refractivity contribution in [3.05, 3.63) is 39.4 Å². The molecule has 0 spiro atoms. The minimum absolute atomic E-state index is 0.0104. The first kappa shape index (κ1) is 16.8. The van der Waals surface area contributed by atoms with E-state index in [2.05, 4.69) is 0 Å². The third-order valence-electron chi connectivity index (χ3n) is 2.78. The second-order valence-corrected chi connectivity index (χ2v) is 5.64. The van der Waals surface area contributed by atoms with Gasteiger partial charge in [0.25, 0.3) is 5.69 Å². The zero-order valence-corrected chi connectivity index (χ0v) is 11.8. The molecular formula is C13H15ClF3NO2. The van der Waals surface area contributed by atoms with Crippen LogP contribution in [0.4, 0.5) is 18.9 Å². The molecule has 0 saturated carbocycles. The second kappa shape index (κ2) is 6.43. The third-order valence-corrected chi connectivity index (χ3v) is 3.11. The molecule has 3 nitrogen and oxygen atoms in total. The lowest BCUT2D eigenvalue weighted by molar-refractivity contribution is -0.385. The number of nitrogens with zero attached hydrogens (tertiary/aromatic N) is 1. The van der Waals surface area contributed by atoms with Gasteiger partial charge >= 0.3 is 6.18 Å². The first-order valence-corrected chi connectivity index (χ1v) is 6.53. The highest BCUT2D eigenvalue weighted by atomic mass is 35.5. The summed E-state index contributed by atoms with van der Waals surface area (Å²) < 4.78 is 38.8. The monoisotopic (exact) mass is 309 g/mol. The molecule has 1 atom stereocenters. The van der Waals surface area contributed by atoms with Crippen LogP contribution in [-0.4, -0.2) is 10.3 Å². The molecule has 7 heteroatoms. The molecule has 1 rings (SSSR count). The summed E-state index contributed by atoms with van der Waals surface area (Å²) in [6.07, 6.45) is -4.02. The molecule has 0 aliphatic heterocycles. The maximum Gasteiger partial charge on any atom is 0.416 e. The van der Waals surface area contributed by atoms with E-state index in [0.29, 0.717) is 12.5 Å². The van der Waals surface area contributed by atoms with Gasteiger partial charge in [0.2, 0.25) is 0 Å². The van der Waals surface area contributed by atoms with E-state index in [4.69, 9.17) is 11.6 Å². The van der Waals surface area contributed by atoms with Gasteiger partial charge in [0, 0.05) is 17.5 Å². The van der Waals surface area contributed by atoms with Crippen LogP contribution in [0.1, 0.15) is 31.4 Å². The molecule has 0 aliphatic rings. The Morgan fingerprint density at radius 1 is 1.35 bits per heavy atom. The molecule has 1 aromatic rings. The highest BCUT2D eigenvalue weighted by Gasteiger charge is 2.35. The SMILES string of the molecule is CC(C)CC(Cl)Cc1ccc([N+](=O)[O-])cc1C(F)(F)F. The zero-order chi connectivity index (χ0) is 15.5. The summed E-state index contributed by atoms with van der Waals surface area (Å²) >= 11 is 6.03. The first-order chi connectivity index (χ1) is 9.11. The molecule has 0 fully saturated rings. The van der Waals surface area contributed by atoms with Crippen molar-refractivity contribution in [2.24, 2.45) is 5.92 Å². The van der Waals surface area contributed by atoms with Crippen molar-refractivity contribution in [2.45, 2.75) is 38.2 Å². The Labute approximate surface area is 119 Å². The van der Waals surface area contributed by atoms with Crippen LogP contribution in [-0.2, 0) is 12.6 Å². The number of halogens is 4. The average Bonchev–Trinajstić information content (AvgIpc) is 2.26. The highest BCUT2D eigenvalue weighted by Crippen LogP contribution is 2.35. The van der Waals surface area contributed by atoms with Crippen molar-refractivity contribution >= 4 is 17.3 Å². The Balaban J connectivity index is 3.09. The number of alkyl halides is 4. The number of benzene rings is 1. The summed E-state index contributed by atoms with van der Waals surface area (Å²) in [4.78, 5) is 9.73. The van der Waals surface area contributed by atoms with E-state index in [9.17, 15) is 23.3 Å². The number of non-ortho nitro benzene ring substituents is 1. The largest absolute Gasteiger partial charge is 0.416 e. The lowest BCUT2D eigenvalue weighted by Gasteiger charge is -2.16. The molecule has 0 bridgehead atoms. The fraction of sp³-hybridized carbons (Fsp3) is 0.538. The molecule has 0 N–H and O–H groups in total. The summed E-state index contributed by atoms with van der Waals surface area (Å²) in [6.45, 7) is 3.85. The summed E-state index contributed by atoms with van der Waals surface area (Å²) in [6, 6.07) is 2.77. The van der Waals surface area contributed by atoms with E-state index < -0.39 is 27.7 Å². The van der Waals surface area contributed by atoms with E-state index >= 15 is 0 Å². The van der Waals surface area contributed by atoms with Crippen LogP contribution >= 0.6 is 11.6 Å². The van der Waals surface area contributed by atoms with E-state index in [-0.39, 0.29) is 17.9 Å². The van der Waals surface area contributed by atoms with E-state index in [1.807, 2.05) is 13.8 Å². The second-order valence-electron chi connectivity index (χ2n) is 5.03. The van der Waals surface area contributed by atoms with Crippen LogP contribution in [0.15, 0.2) is 18.2 Å². The molecule has 1 unspecified atom stereocenters. The smallest absolute Gasteiger partial charge is 0.258 e. The van der Waals surface area contributed by atoms with Gasteiger partial charge in [-0.05, 0) is 24.3 Å². The van der Waals surface area contributed by atoms with Gasteiger partial charge in [-0.2, -0.15) is 13.2 Å². The fourth-order valence-electron chi connectivity index (χ4n) is 1.95. The van der Waals surface area contributed by atoms with Crippen molar-refractivity contribution in [2.75, 3.05) is 0 Å². The summed E-state index contributed by atoms with van der Waals surface area (Å²) in [5.74, 6) is 0.268. The number of rotatable bonds is 5. The Bertz CT molecular complexity index is 489. The third kappa shape index (κ3) is 4.67. The maximum absolute atomic E-state index is 12.9. The molecule has 0 saturated heterocycles. The van der Waals surface area contributed by atoms with Crippen molar-refractivity contribution < 1.29 is 18.1 Å². The summed E-state index contributed by atoms with van der Waals surface area (Å²) in [5, 5.41) is 10.1. The van der Waals surface area contributed by atoms with Gasteiger partial charge in [-0.1, -0.05) is 19.9 Å². The van der Waals surface area contributed by atoms with Crippen molar-refractivity contribution in [3.8, 4) is 0 Å². The molecule has 1 aromatic carbocycles. The van der Waals surface area contributed by atoms with Crippen LogP contribution in [0.25, 0.3) is 0 Å². The molecule has 0 radical (unpaired) electrons. The summed E-state index contributed by atoms with van der Waals surface area (Å²) in [7, 11) is 0. The number of hydrogen-bond acceptors (Lipinski definition) is 2. The van der Waals surface area contributed by atoms with E-state index in [1.54, 1.807) is 0 Å². The van der Waals surface area contributed by atoms with Crippen LogP contribution < -0.4 is 0 Å². The van der Waals surface area contributed by atoms with Gasteiger partial charge in [0.15, 0.2) is 0 Å². The molecular weight excluding hydrogens is 295 g/mol. The lowest BCUT2D eigenvalue weighted by Crippen LogP contribution is -2.14. The molecule has 0 amide bonds. The van der Waals surface area contributed by atoms with Gasteiger partial charge in [0.1, 0.15) is 0 Å². The average molecular weight is 310 g/mol. The van der Waals surface area contributed by atoms with Gasteiger partial charge in [-0.3, -0.25) is 10.1 Å². The van der Waals surface area contributed by atoms with Crippen LogP contribution in [0.5, 0.6) is 0 Å². The number of nitro groups is 1. The van der Waals surface area contributed by atoms with Gasteiger partial charge in [0.05, 0.1) is 10.5 Å². The van der Waals surface area contributed by atoms with Crippen molar-refractivity contribution in [1.29, 1.82) is 0 Å². The number of hydrogen-bond donors (Lipinski definition) is 0. The molecule has 0 aromatic heterocycles. The molecule has 20 heavy (non-hydrogen) atoms. The lowest BCUT2D eigenvalue weighted by atomic mass is 9.97. The first-order valence-electron chi connectivity index (χ1n) is 6.09. The highest BCUT2D eigenvalue weighted by molar-refractivity contribution is 6.20.